The van der Waals surface area contributed by atoms with Gasteiger partial charge < -0.3 is 9.64 Å². The number of aryl methyl sites for hydroxylation is 1. The molecule has 0 N–H and O–H groups in total. The Labute approximate surface area is 175 Å². The number of anilines is 1. The summed E-state index contributed by atoms with van der Waals surface area (Å²) in [6, 6.07) is 14.8. The lowest BCUT2D eigenvalue weighted by molar-refractivity contribution is -0.147. The van der Waals surface area contributed by atoms with Crippen LogP contribution in [-0.2, 0) is 9.53 Å². The molecule has 0 spiro atoms. The zero-order chi connectivity index (χ0) is 20.4. The van der Waals surface area contributed by atoms with E-state index in [1.54, 1.807) is 6.07 Å². The van der Waals surface area contributed by atoms with Gasteiger partial charge in [0.05, 0.1) is 23.8 Å². The smallest absolute Gasteiger partial charge is 0.327 e. The van der Waals surface area contributed by atoms with E-state index in [1.807, 2.05) is 49.4 Å². The van der Waals surface area contributed by atoms with Crippen molar-refractivity contribution in [3.05, 3.63) is 64.8 Å². The van der Waals surface area contributed by atoms with Crippen molar-refractivity contribution in [2.24, 2.45) is 0 Å². The molecule has 1 aliphatic rings. The Morgan fingerprint density at radius 3 is 2.28 bits per heavy atom. The van der Waals surface area contributed by atoms with Gasteiger partial charge in [-0.25, -0.2) is 14.8 Å². The zero-order valence-corrected chi connectivity index (χ0v) is 17.3. The maximum atomic E-state index is 12.6. The van der Waals surface area contributed by atoms with Gasteiger partial charge in [0, 0.05) is 31.2 Å². The molecule has 2 aromatic carbocycles. The molecule has 0 bridgehead atoms. The summed E-state index contributed by atoms with van der Waals surface area (Å²) < 4.78 is 5.08. The number of halogens is 1. The van der Waals surface area contributed by atoms with Gasteiger partial charge in [-0.05, 0) is 30.7 Å². The number of fused-ring (bicyclic) bond motifs is 1. The Balaban J connectivity index is 1.56. The minimum absolute atomic E-state index is 0.298. The normalized spacial score (nSPS) is 16.0. The fourth-order valence-electron chi connectivity index (χ4n) is 3.85. The lowest BCUT2D eigenvalue weighted by Crippen LogP contribution is -2.50. The first kappa shape index (κ1) is 19.6. The Bertz CT molecular complexity index is 1030. The molecule has 0 radical (unpaired) electrons. The van der Waals surface area contributed by atoms with Crippen LogP contribution in [0.1, 0.15) is 17.3 Å². The van der Waals surface area contributed by atoms with Crippen LogP contribution in [0.3, 0.4) is 0 Å². The summed E-state index contributed by atoms with van der Waals surface area (Å²) >= 11 is 6.38. The maximum absolute atomic E-state index is 12.6. The summed E-state index contributed by atoms with van der Waals surface area (Å²) in [5, 5.41) is 0.571. The summed E-state index contributed by atoms with van der Waals surface area (Å²) in [6.07, 6.45) is 0. The number of carbonyl (C=O) groups excluding carboxylic acids is 1. The second-order valence-corrected chi connectivity index (χ2v) is 7.50. The SMILES string of the molecule is COC(=O)[C@@H](c1ccccc1Cl)N1CCN(c2nc3ccccc3nc2C)CC1. The van der Waals surface area contributed by atoms with Gasteiger partial charge in [-0.1, -0.05) is 41.9 Å². The maximum Gasteiger partial charge on any atom is 0.327 e. The van der Waals surface area contributed by atoms with E-state index in [2.05, 4.69) is 9.80 Å². The summed E-state index contributed by atoms with van der Waals surface area (Å²) in [6.45, 7) is 4.86. The third-order valence-electron chi connectivity index (χ3n) is 5.32. The van der Waals surface area contributed by atoms with Crippen LogP contribution in [0.4, 0.5) is 5.82 Å². The number of rotatable bonds is 4. The molecule has 1 saturated heterocycles. The van der Waals surface area contributed by atoms with E-state index in [4.69, 9.17) is 26.3 Å². The minimum Gasteiger partial charge on any atom is -0.468 e. The van der Waals surface area contributed by atoms with Gasteiger partial charge in [0.1, 0.15) is 6.04 Å². The predicted molar refractivity (Wildman–Crippen MR) is 114 cm³/mol. The third kappa shape index (κ3) is 3.91. The number of methoxy groups -OCH3 is 1. The van der Waals surface area contributed by atoms with Crippen LogP contribution < -0.4 is 4.90 Å². The van der Waals surface area contributed by atoms with Gasteiger partial charge >= 0.3 is 5.97 Å². The molecule has 0 saturated carbocycles. The monoisotopic (exact) mass is 410 g/mol. The Morgan fingerprint density at radius 2 is 1.62 bits per heavy atom. The van der Waals surface area contributed by atoms with Crippen molar-refractivity contribution in [3.63, 3.8) is 0 Å². The van der Waals surface area contributed by atoms with Crippen LogP contribution in [-0.4, -0.2) is 54.1 Å². The summed E-state index contributed by atoms with van der Waals surface area (Å²) in [5.41, 5.74) is 3.47. The molecular formula is C22H23ClN4O2. The average molecular weight is 411 g/mol. The van der Waals surface area contributed by atoms with Crippen LogP contribution in [0.15, 0.2) is 48.5 Å². The number of para-hydroxylation sites is 2. The molecule has 2 heterocycles. The predicted octanol–water partition coefficient (Wildman–Crippen LogP) is 3.63. The number of carbonyl (C=O) groups is 1. The van der Waals surface area contributed by atoms with E-state index in [0.717, 1.165) is 41.2 Å². The Hall–Kier alpha value is -2.70. The van der Waals surface area contributed by atoms with E-state index >= 15 is 0 Å². The minimum atomic E-state index is -0.514. The number of ether oxygens (including phenoxy) is 1. The van der Waals surface area contributed by atoms with Crippen LogP contribution in [0, 0.1) is 6.92 Å². The highest BCUT2D eigenvalue weighted by Gasteiger charge is 2.33. The number of nitrogens with zero attached hydrogens (tertiary/aromatic N) is 4. The van der Waals surface area contributed by atoms with E-state index in [9.17, 15) is 4.79 Å². The third-order valence-corrected chi connectivity index (χ3v) is 5.67. The zero-order valence-electron chi connectivity index (χ0n) is 16.5. The summed E-state index contributed by atoms with van der Waals surface area (Å²) in [7, 11) is 1.41. The van der Waals surface area contributed by atoms with Crippen molar-refractivity contribution in [1.82, 2.24) is 14.9 Å². The number of piperazine rings is 1. The van der Waals surface area contributed by atoms with Crippen molar-refractivity contribution in [1.29, 1.82) is 0 Å². The lowest BCUT2D eigenvalue weighted by Gasteiger charge is -2.39. The number of aromatic nitrogens is 2. The second kappa shape index (κ2) is 8.35. The van der Waals surface area contributed by atoms with Gasteiger partial charge in [0.2, 0.25) is 0 Å². The summed E-state index contributed by atoms with van der Waals surface area (Å²) in [4.78, 5) is 26.4. The van der Waals surface area contributed by atoms with Crippen LogP contribution in [0.25, 0.3) is 11.0 Å². The van der Waals surface area contributed by atoms with Crippen LogP contribution >= 0.6 is 11.6 Å². The molecule has 0 aliphatic carbocycles. The van der Waals surface area contributed by atoms with Gasteiger partial charge in [0.25, 0.3) is 0 Å². The lowest BCUT2D eigenvalue weighted by atomic mass is 10.0. The molecular weight excluding hydrogens is 388 g/mol. The fourth-order valence-corrected chi connectivity index (χ4v) is 4.09. The van der Waals surface area contributed by atoms with Gasteiger partial charge in [0.15, 0.2) is 5.82 Å². The molecule has 7 heteroatoms. The van der Waals surface area contributed by atoms with Crippen LogP contribution in [0.2, 0.25) is 5.02 Å². The molecule has 4 rings (SSSR count). The standard InChI is InChI=1S/C22H23ClN4O2/c1-15-21(25-19-10-6-5-9-18(19)24-15)27-13-11-26(12-14-27)20(22(28)29-2)16-7-3-4-8-17(16)23/h3-10,20H,11-14H2,1-2H3/t20-/m1/s1. The summed E-state index contributed by atoms with van der Waals surface area (Å²) in [5.74, 6) is 0.601. The molecule has 6 nitrogen and oxygen atoms in total. The molecule has 3 aromatic rings. The van der Waals surface area contributed by atoms with Gasteiger partial charge in [-0.2, -0.15) is 0 Å². The van der Waals surface area contributed by atoms with E-state index in [0.29, 0.717) is 18.1 Å². The van der Waals surface area contributed by atoms with E-state index < -0.39 is 6.04 Å². The van der Waals surface area contributed by atoms with Crippen molar-refractivity contribution in [2.45, 2.75) is 13.0 Å². The van der Waals surface area contributed by atoms with Gasteiger partial charge in [-0.15, -0.1) is 0 Å². The van der Waals surface area contributed by atoms with Crippen molar-refractivity contribution < 1.29 is 9.53 Å². The number of hydrogen-bond acceptors (Lipinski definition) is 6. The fraction of sp³-hybridized carbons (Fsp3) is 0.318. The molecule has 0 amide bonds. The first-order chi connectivity index (χ1) is 14.1. The second-order valence-electron chi connectivity index (χ2n) is 7.09. The van der Waals surface area contributed by atoms with E-state index in [-0.39, 0.29) is 5.97 Å². The quantitative estimate of drug-likeness (QED) is 0.612. The average Bonchev–Trinajstić information content (AvgIpc) is 2.75. The number of hydrogen-bond donors (Lipinski definition) is 0. The van der Waals surface area contributed by atoms with Crippen molar-refractivity contribution >= 4 is 34.4 Å². The highest BCUT2D eigenvalue weighted by Crippen LogP contribution is 2.30. The van der Waals surface area contributed by atoms with Crippen LogP contribution in [0.5, 0.6) is 0 Å². The molecule has 1 aromatic heterocycles. The van der Waals surface area contributed by atoms with Gasteiger partial charge in [-0.3, -0.25) is 4.90 Å². The Morgan fingerprint density at radius 1 is 1.00 bits per heavy atom. The van der Waals surface area contributed by atoms with Crippen molar-refractivity contribution in [2.75, 3.05) is 38.2 Å². The van der Waals surface area contributed by atoms with Crippen molar-refractivity contribution in [3.8, 4) is 0 Å². The largest absolute Gasteiger partial charge is 0.468 e. The number of benzene rings is 2. The Kier molecular flexibility index (Phi) is 5.65. The number of esters is 1. The molecule has 1 aliphatic heterocycles. The molecule has 150 valence electrons. The first-order valence-electron chi connectivity index (χ1n) is 9.63. The highest BCUT2D eigenvalue weighted by atomic mass is 35.5. The van der Waals surface area contributed by atoms with E-state index in [1.165, 1.54) is 7.11 Å². The molecule has 1 fully saturated rings. The topological polar surface area (TPSA) is 58.6 Å². The highest BCUT2D eigenvalue weighted by molar-refractivity contribution is 6.31. The molecule has 1 atom stereocenters. The molecule has 0 unspecified atom stereocenters. The first-order valence-corrected chi connectivity index (χ1v) is 10.0. The molecule has 29 heavy (non-hydrogen) atoms.